The number of nitrogens with one attached hydrogen (secondary N) is 1. The minimum absolute atomic E-state index is 0. The molecule has 178 valence electrons. The number of anilines is 1. The topological polar surface area (TPSA) is 78.9 Å². The largest absolute Gasteiger partial charge is 0.480 e. The average molecular weight is 501 g/mol. The highest BCUT2D eigenvalue weighted by Gasteiger charge is 2.29. The molecule has 1 amide bonds. The van der Waals surface area contributed by atoms with Crippen LogP contribution in [0.25, 0.3) is 11.1 Å². The van der Waals surface area contributed by atoms with Crippen molar-refractivity contribution < 1.29 is 19.4 Å². The van der Waals surface area contributed by atoms with E-state index < -0.39 is 18.1 Å². The van der Waals surface area contributed by atoms with Crippen molar-refractivity contribution in [3.05, 3.63) is 88.9 Å². The van der Waals surface area contributed by atoms with Crippen molar-refractivity contribution in [2.45, 2.75) is 18.4 Å². The van der Waals surface area contributed by atoms with Gasteiger partial charge in [0.05, 0.1) is 0 Å². The number of carbonyl (C=O) groups is 2. The molecule has 34 heavy (non-hydrogen) atoms. The highest BCUT2D eigenvalue weighted by Crippen LogP contribution is 2.44. The molecular formula is C26H26Cl2N2O4. The molecule has 0 fully saturated rings. The molecule has 1 atom stereocenters. The molecule has 0 saturated heterocycles. The van der Waals surface area contributed by atoms with Gasteiger partial charge < -0.3 is 20.1 Å². The van der Waals surface area contributed by atoms with Crippen molar-refractivity contribution in [1.82, 2.24) is 5.32 Å². The first kappa shape index (κ1) is 25.4. The average Bonchev–Trinajstić information content (AvgIpc) is 3.13. The Kier molecular flexibility index (Phi) is 8.42. The van der Waals surface area contributed by atoms with E-state index in [9.17, 15) is 14.7 Å². The van der Waals surface area contributed by atoms with Gasteiger partial charge in [0.1, 0.15) is 12.6 Å². The SMILES string of the molecule is CN(CC[C@H](NC(=O)OCC1c2ccccc2-c2ccccc21)C(=O)O)c1cccc(Cl)c1.Cl. The van der Waals surface area contributed by atoms with Crippen molar-refractivity contribution in [2.24, 2.45) is 0 Å². The number of hydrogen-bond acceptors (Lipinski definition) is 4. The van der Waals surface area contributed by atoms with Gasteiger partial charge in [0.25, 0.3) is 0 Å². The van der Waals surface area contributed by atoms with Crippen molar-refractivity contribution >= 4 is 41.8 Å². The van der Waals surface area contributed by atoms with Crippen molar-refractivity contribution in [2.75, 3.05) is 25.1 Å². The molecule has 0 radical (unpaired) electrons. The van der Waals surface area contributed by atoms with Crippen LogP contribution < -0.4 is 10.2 Å². The van der Waals surface area contributed by atoms with Crippen molar-refractivity contribution in [1.29, 1.82) is 0 Å². The molecule has 0 heterocycles. The second-order valence-corrected chi connectivity index (χ2v) is 8.49. The predicted molar refractivity (Wildman–Crippen MR) is 136 cm³/mol. The van der Waals surface area contributed by atoms with Gasteiger partial charge in [0.15, 0.2) is 0 Å². The molecule has 0 aromatic heterocycles. The van der Waals surface area contributed by atoms with Crippen molar-refractivity contribution in [3.8, 4) is 11.1 Å². The molecule has 6 nitrogen and oxygen atoms in total. The predicted octanol–water partition coefficient (Wildman–Crippen LogP) is 5.58. The van der Waals surface area contributed by atoms with Gasteiger partial charge >= 0.3 is 12.1 Å². The van der Waals surface area contributed by atoms with Gasteiger partial charge in [-0.2, -0.15) is 0 Å². The summed E-state index contributed by atoms with van der Waals surface area (Å²) in [6, 6.07) is 22.3. The van der Waals surface area contributed by atoms with Crippen LogP contribution in [0.15, 0.2) is 72.8 Å². The fraction of sp³-hybridized carbons (Fsp3) is 0.231. The van der Waals surface area contributed by atoms with Crippen LogP contribution in [0.2, 0.25) is 5.02 Å². The first-order valence-electron chi connectivity index (χ1n) is 10.7. The van der Waals surface area contributed by atoms with E-state index in [1.807, 2.05) is 60.5 Å². The van der Waals surface area contributed by atoms with Gasteiger partial charge in [-0.1, -0.05) is 66.2 Å². The van der Waals surface area contributed by atoms with Gasteiger partial charge in [-0.25, -0.2) is 9.59 Å². The standard InChI is InChI=1S/C26H25ClN2O4.ClH/c1-29(18-8-6-7-17(27)15-18)14-13-24(25(30)31)28-26(32)33-16-23-21-11-4-2-9-19(21)20-10-3-5-12-22(20)23;/h2-12,15,23-24H,13-14,16H2,1H3,(H,28,32)(H,30,31);1H/t24-;/m0./s1. The molecule has 3 aromatic rings. The molecule has 1 aliphatic carbocycles. The van der Waals surface area contributed by atoms with Crippen LogP contribution in [0.3, 0.4) is 0 Å². The lowest BCUT2D eigenvalue weighted by molar-refractivity contribution is -0.139. The number of nitrogens with zero attached hydrogens (tertiary/aromatic N) is 1. The van der Waals surface area contributed by atoms with Crippen LogP contribution >= 0.6 is 24.0 Å². The number of carboxylic acid groups (broad SMARTS) is 1. The quantitative estimate of drug-likeness (QED) is 0.422. The number of alkyl carbamates (subject to hydrolysis) is 1. The Morgan fingerprint density at radius 1 is 1.03 bits per heavy atom. The smallest absolute Gasteiger partial charge is 0.407 e. The Balaban J connectivity index is 0.00000324. The van der Waals surface area contributed by atoms with E-state index in [0.29, 0.717) is 11.6 Å². The fourth-order valence-electron chi connectivity index (χ4n) is 4.21. The van der Waals surface area contributed by atoms with Gasteiger partial charge in [-0.3, -0.25) is 0 Å². The van der Waals surface area contributed by atoms with Gasteiger partial charge in [0, 0.05) is 30.2 Å². The zero-order valence-corrected chi connectivity index (χ0v) is 20.2. The summed E-state index contributed by atoms with van der Waals surface area (Å²) < 4.78 is 5.48. The van der Waals surface area contributed by atoms with Gasteiger partial charge in [0.2, 0.25) is 0 Å². The maximum Gasteiger partial charge on any atom is 0.407 e. The lowest BCUT2D eigenvalue weighted by atomic mass is 9.98. The number of rotatable bonds is 8. The lowest BCUT2D eigenvalue weighted by Crippen LogP contribution is -2.43. The Bertz CT molecular complexity index is 1130. The maximum atomic E-state index is 12.5. The Labute approximate surface area is 209 Å². The lowest BCUT2D eigenvalue weighted by Gasteiger charge is -2.22. The molecule has 0 aliphatic heterocycles. The van der Waals surface area contributed by atoms with Crippen LogP contribution in [-0.4, -0.2) is 43.4 Å². The second-order valence-electron chi connectivity index (χ2n) is 8.05. The first-order chi connectivity index (χ1) is 15.9. The van der Waals surface area contributed by atoms with E-state index in [4.69, 9.17) is 16.3 Å². The number of fused-ring (bicyclic) bond motifs is 3. The summed E-state index contributed by atoms with van der Waals surface area (Å²) in [6.45, 7) is 0.551. The molecule has 3 aromatic carbocycles. The van der Waals surface area contributed by atoms with Crippen LogP contribution in [0.5, 0.6) is 0 Å². The van der Waals surface area contributed by atoms with Crippen LogP contribution in [0.1, 0.15) is 23.5 Å². The molecule has 0 bridgehead atoms. The number of hydrogen-bond donors (Lipinski definition) is 2. The van der Waals surface area contributed by atoms with Crippen LogP contribution in [0.4, 0.5) is 10.5 Å². The number of amides is 1. The van der Waals surface area contributed by atoms with E-state index in [1.54, 1.807) is 12.1 Å². The second kappa shape index (κ2) is 11.3. The summed E-state index contributed by atoms with van der Waals surface area (Å²) in [7, 11) is 1.85. The van der Waals surface area contributed by atoms with E-state index in [-0.39, 0.29) is 31.4 Å². The fourth-order valence-corrected chi connectivity index (χ4v) is 4.39. The number of aliphatic carboxylic acids is 1. The molecule has 1 aliphatic rings. The molecule has 0 unspecified atom stereocenters. The highest BCUT2D eigenvalue weighted by molar-refractivity contribution is 6.30. The monoisotopic (exact) mass is 500 g/mol. The minimum Gasteiger partial charge on any atom is -0.480 e. The van der Waals surface area contributed by atoms with E-state index in [0.717, 1.165) is 27.9 Å². The third-order valence-electron chi connectivity index (χ3n) is 5.94. The Morgan fingerprint density at radius 2 is 1.65 bits per heavy atom. The summed E-state index contributed by atoms with van der Waals surface area (Å²) in [5, 5.41) is 12.7. The summed E-state index contributed by atoms with van der Waals surface area (Å²) in [5.74, 6) is -1.19. The van der Waals surface area contributed by atoms with Crippen LogP contribution in [-0.2, 0) is 9.53 Å². The number of ether oxygens (including phenoxy) is 1. The molecular weight excluding hydrogens is 475 g/mol. The van der Waals surface area contributed by atoms with E-state index >= 15 is 0 Å². The minimum atomic E-state index is -1.11. The molecule has 2 N–H and O–H groups in total. The third-order valence-corrected chi connectivity index (χ3v) is 6.17. The summed E-state index contributed by atoms with van der Waals surface area (Å²) in [5.41, 5.74) is 5.34. The zero-order valence-electron chi connectivity index (χ0n) is 18.6. The molecule has 4 rings (SSSR count). The number of halogens is 2. The highest BCUT2D eigenvalue weighted by atomic mass is 35.5. The van der Waals surface area contributed by atoms with Crippen molar-refractivity contribution in [3.63, 3.8) is 0 Å². The Hall–Kier alpha value is -3.22. The normalized spacial score (nSPS) is 12.6. The van der Waals surface area contributed by atoms with Crippen LogP contribution in [0, 0.1) is 0 Å². The Morgan fingerprint density at radius 3 is 2.24 bits per heavy atom. The molecule has 0 spiro atoms. The number of carboxylic acids is 1. The molecule has 0 saturated carbocycles. The zero-order chi connectivity index (χ0) is 23.4. The summed E-state index contributed by atoms with van der Waals surface area (Å²) in [6.07, 6.45) is -0.530. The summed E-state index contributed by atoms with van der Waals surface area (Å²) in [4.78, 5) is 26.1. The van der Waals surface area contributed by atoms with Gasteiger partial charge in [-0.05, 0) is 46.9 Å². The van der Waals surface area contributed by atoms with E-state index in [2.05, 4.69) is 17.4 Å². The number of benzene rings is 3. The third kappa shape index (κ3) is 5.64. The first-order valence-corrected chi connectivity index (χ1v) is 11.1. The number of carbonyl (C=O) groups excluding carboxylic acids is 1. The molecule has 8 heteroatoms. The summed E-state index contributed by atoms with van der Waals surface area (Å²) >= 11 is 6.03. The van der Waals surface area contributed by atoms with E-state index in [1.165, 1.54) is 0 Å². The maximum absolute atomic E-state index is 12.5. The van der Waals surface area contributed by atoms with Gasteiger partial charge in [-0.15, -0.1) is 12.4 Å².